The van der Waals surface area contributed by atoms with Gasteiger partial charge in [0.1, 0.15) is 11.5 Å². The Hall–Kier alpha value is -4.12. The average Bonchev–Trinajstić information content (AvgIpc) is 2.92. The molecule has 0 unspecified atom stereocenters. The van der Waals surface area contributed by atoms with Crippen molar-refractivity contribution in [1.82, 2.24) is 4.90 Å². The normalized spacial score (nSPS) is 10.9. The molecule has 0 saturated carbocycles. The van der Waals surface area contributed by atoms with Crippen molar-refractivity contribution in [3.8, 4) is 28.7 Å². The summed E-state index contributed by atoms with van der Waals surface area (Å²) in [6, 6.07) is 16.0. The second-order valence-electron chi connectivity index (χ2n) is 8.11. The Morgan fingerprint density at radius 3 is 1.92 bits per heavy atom. The molecule has 0 heterocycles. The number of nitrogens with one attached hydrogen (secondary N) is 1. The number of sulfonamides is 1. The summed E-state index contributed by atoms with van der Waals surface area (Å²) in [5, 5.41) is 0. The molecule has 3 aromatic carbocycles. The molecule has 0 saturated heterocycles. The summed E-state index contributed by atoms with van der Waals surface area (Å²) in [5.74, 6) is 2.20. The van der Waals surface area contributed by atoms with Crippen molar-refractivity contribution in [3.05, 3.63) is 66.2 Å². The van der Waals surface area contributed by atoms with E-state index in [1.165, 1.54) is 50.5 Å². The molecule has 0 aliphatic carbocycles. The summed E-state index contributed by atoms with van der Waals surface area (Å²) < 4.78 is 55.0. The van der Waals surface area contributed by atoms with Gasteiger partial charge in [-0.1, -0.05) is 0 Å². The number of rotatable bonds is 13. The van der Waals surface area contributed by atoms with Gasteiger partial charge in [-0.15, -0.1) is 0 Å². The zero-order valence-corrected chi connectivity index (χ0v) is 22.8. The molecule has 0 aromatic heterocycles. The van der Waals surface area contributed by atoms with Gasteiger partial charge < -0.3 is 28.6 Å². The van der Waals surface area contributed by atoms with Crippen molar-refractivity contribution in [3.63, 3.8) is 0 Å². The number of carbonyl (C=O) groups excluding carboxylic acids is 1. The first-order chi connectivity index (χ1) is 18.2. The zero-order valence-electron chi connectivity index (χ0n) is 22.0. The van der Waals surface area contributed by atoms with Crippen LogP contribution in [0.1, 0.15) is 12.5 Å². The number of likely N-dealkylation sites (N-methyl/N-ethyl adjacent to an activating group) is 1. The molecule has 0 radical (unpaired) electrons. The van der Waals surface area contributed by atoms with Gasteiger partial charge in [-0.2, -0.15) is 0 Å². The number of nitrogens with zero attached hydrogens (tertiary/aromatic N) is 1. The minimum atomic E-state index is -3.80. The van der Waals surface area contributed by atoms with Crippen LogP contribution >= 0.6 is 0 Å². The maximum Gasteiger partial charge on any atom is 0.261 e. The summed E-state index contributed by atoms with van der Waals surface area (Å²) in [6.45, 7) is 2.45. The molecule has 38 heavy (non-hydrogen) atoms. The largest absolute Gasteiger partial charge is 0.494 e. The molecular weight excluding hydrogens is 512 g/mol. The minimum absolute atomic E-state index is 0.0598. The van der Waals surface area contributed by atoms with Gasteiger partial charge in [0.25, 0.3) is 15.9 Å². The lowest BCUT2D eigenvalue weighted by atomic mass is 10.1. The maximum absolute atomic E-state index is 12.7. The van der Waals surface area contributed by atoms with E-state index in [1.807, 2.05) is 6.92 Å². The highest BCUT2D eigenvalue weighted by atomic mass is 32.2. The van der Waals surface area contributed by atoms with Crippen LogP contribution in [0.3, 0.4) is 0 Å². The van der Waals surface area contributed by atoms with Crippen molar-refractivity contribution in [2.24, 2.45) is 0 Å². The fraction of sp³-hybridized carbons (Fsp3) is 0.296. The number of methoxy groups -OCH3 is 3. The fourth-order valence-corrected chi connectivity index (χ4v) is 4.62. The van der Waals surface area contributed by atoms with E-state index >= 15 is 0 Å². The number of benzene rings is 3. The first-order valence-corrected chi connectivity index (χ1v) is 13.2. The third-order valence-corrected chi connectivity index (χ3v) is 6.88. The van der Waals surface area contributed by atoms with Crippen LogP contribution in [0.2, 0.25) is 0 Å². The van der Waals surface area contributed by atoms with E-state index < -0.39 is 10.0 Å². The summed E-state index contributed by atoms with van der Waals surface area (Å²) in [7, 11) is 2.42. The molecule has 0 fully saturated rings. The first kappa shape index (κ1) is 28.5. The fourth-order valence-electron chi connectivity index (χ4n) is 3.56. The minimum Gasteiger partial charge on any atom is -0.494 e. The van der Waals surface area contributed by atoms with Gasteiger partial charge in [-0.05, 0) is 73.2 Å². The van der Waals surface area contributed by atoms with Crippen molar-refractivity contribution in [1.29, 1.82) is 0 Å². The van der Waals surface area contributed by atoms with Gasteiger partial charge in [-0.3, -0.25) is 9.52 Å². The highest BCUT2D eigenvalue weighted by Gasteiger charge is 2.17. The van der Waals surface area contributed by atoms with Gasteiger partial charge >= 0.3 is 0 Å². The highest BCUT2D eigenvalue weighted by molar-refractivity contribution is 7.92. The Labute approximate surface area is 223 Å². The van der Waals surface area contributed by atoms with Crippen molar-refractivity contribution in [2.75, 3.05) is 46.3 Å². The Balaban J connectivity index is 1.58. The molecule has 1 N–H and O–H groups in total. The Kier molecular flexibility index (Phi) is 9.66. The van der Waals surface area contributed by atoms with Crippen LogP contribution in [-0.4, -0.2) is 60.8 Å². The van der Waals surface area contributed by atoms with Crippen molar-refractivity contribution < 1.29 is 36.9 Å². The third kappa shape index (κ3) is 7.22. The van der Waals surface area contributed by atoms with Gasteiger partial charge in [0.2, 0.25) is 5.75 Å². The van der Waals surface area contributed by atoms with Gasteiger partial charge in [-0.25, -0.2) is 8.42 Å². The second-order valence-corrected chi connectivity index (χ2v) is 9.79. The monoisotopic (exact) mass is 544 g/mol. The van der Waals surface area contributed by atoms with Crippen LogP contribution in [0.5, 0.6) is 28.7 Å². The molecule has 0 aliphatic rings. The summed E-state index contributed by atoms with van der Waals surface area (Å²) >= 11 is 0. The third-order valence-electron chi connectivity index (χ3n) is 5.48. The molecule has 0 bridgehead atoms. The molecule has 3 aromatic rings. The number of carbonyl (C=O) groups is 1. The summed E-state index contributed by atoms with van der Waals surface area (Å²) in [4.78, 5) is 14.2. The van der Waals surface area contributed by atoms with E-state index in [0.717, 1.165) is 5.56 Å². The SMILES string of the molecule is CCOc1ccc(NS(=O)(=O)c2ccc(OCC(=O)N(C)Cc3cc(OC)c(OC)c(OC)c3)cc2)cc1. The van der Waals surface area contributed by atoms with E-state index in [2.05, 4.69) is 4.72 Å². The van der Waals surface area contributed by atoms with E-state index in [9.17, 15) is 13.2 Å². The lowest BCUT2D eigenvalue weighted by Gasteiger charge is -2.20. The van der Waals surface area contributed by atoms with Crippen molar-refractivity contribution >= 4 is 21.6 Å². The molecule has 204 valence electrons. The summed E-state index contributed by atoms with van der Waals surface area (Å²) in [5.41, 5.74) is 1.19. The number of hydrogen-bond acceptors (Lipinski definition) is 8. The van der Waals surface area contributed by atoms with Crippen LogP contribution in [-0.2, 0) is 21.4 Å². The molecule has 10 nitrogen and oxygen atoms in total. The standard InChI is InChI=1S/C27H32N2O8S/c1-6-36-21-9-7-20(8-10-21)28-38(31,32)23-13-11-22(12-14-23)37-18-26(30)29(2)17-19-15-24(33-3)27(35-5)25(16-19)34-4/h7-16,28H,6,17-18H2,1-5H3. The Morgan fingerprint density at radius 2 is 1.39 bits per heavy atom. The zero-order chi connectivity index (χ0) is 27.7. The van der Waals surface area contributed by atoms with E-state index in [0.29, 0.717) is 41.0 Å². The molecule has 0 atom stereocenters. The Bertz CT molecular complexity index is 1300. The van der Waals surface area contributed by atoms with Crippen LogP contribution in [0.25, 0.3) is 0 Å². The van der Waals surface area contributed by atoms with E-state index in [-0.39, 0.29) is 24.0 Å². The van der Waals surface area contributed by atoms with E-state index in [1.54, 1.807) is 43.4 Å². The van der Waals surface area contributed by atoms with E-state index in [4.69, 9.17) is 23.7 Å². The molecular formula is C27H32N2O8S. The van der Waals surface area contributed by atoms with Crippen LogP contribution in [0, 0.1) is 0 Å². The molecule has 11 heteroatoms. The lowest BCUT2D eigenvalue weighted by Crippen LogP contribution is -2.31. The van der Waals surface area contributed by atoms with Crippen molar-refractivity contribution in [2.45, 2.75) is 18.4 Å². The molecule has 0 aliphatic heterocycles. The van der Waals surface area contributed by atoms with Crippen LogP contribution < -0.4 is 28.4 Å². The van der Waals surface area contributed by atoms with Gasteiger partial charge in [0.15, 0.2) is 18.1 Å². The Morgan fingerprint density at radius 1 is 0.842 bits per heavy atom. The van der Waals surface area contributed by atoms with Crippen LogP contribution in [0.15, 0.2) is 65.6 Å². The quantitative estimate of drug-likeness (QED) is 0.344. The first-order valence-electron chi connectivity index (χ1n) is 11.7. The molecule has 0 spiro atoms. The topological polar surface area (TPSA) is 113 Å². The molecule has 1 amide bonds. The van der Waals surface area contributed by atoms with Crippen LogP contribution in [0.4, 0.5) is 5.69 Å². The predicted molar refractivity (Wildman–Crippen MR) is 143 cm³/mol. The smallest absolute Gasteiger partial charge is 0.261 e. The number of ether oxygens (including phenoxy) is 5. The maximum atomic E-state index is 12.7. The van der Waals surface area contributed by atoms with Gasteiger partial charge in [0, 0.05) is 19.3 Å². The number of amides is 1. The second kappa shape index (κ2) is 12.9. The predicted octanol–water partition coefficient (Wildman–Crippen LogP) is 3.95. The lowest BCUT2D eigenvalue weighted by molar-refractivity contribution is -0.132. The summed E-state index contributed by atoms with van der Waals surface area (Å²) in [6.07, 6.45) is 0. The number of anilines is 1. The average molecular weight is 545 g/mol. The van der Waals surface area contributed by atoms with Gasteiger partial charge in [0.05, 0.1) is 32.8 Å². The number of hydrogen-bond donors (Lipinski definition) is 1. The highest BCUT2D eigenvalue weighted by Crippen LogP contribution is 2.38. The molecule has 3 rings (SSSR count).